The molecule has 202 valence electrons. The van der Waals surface area contributed by atoms with Crippen LogP contribution in [0.4, 0.5) is 5.69 Å². The number of aryl methyl sites for hydroxylation is 1. The molecule has 1 saturated carbocycles. The maximum absolute atomic E-state index is 13.0. The number of ether oxygens (including phenoxy) is 1. The number of carbonyl (C=O) groups excluding carboxylic acids is 2. The molecule has 2 amide bonds. The van der Waals surface area contributed by atoms with E-state index < -0.39 is 15.9 Å². The largest absolute Gasteiger partial charge is 0.487 e. The lowest BCUT2D eigenvalue weighted by atomic mass is 9.72. The first-order valence-electron chi connectivity index (χ1n) is 13.1. The van der Waals surface area contributed by atoms with Crippen molar-refractivity contribution in [1.29, 1.82) is 0 Å². The molecule has 1 fully saturated rings. The zero-order valence-electron chi connectivity index (χ0n) is 21.1. The number of carbonyl (C=O) groups is 2. The molecule has 0 radical (unpaired) electrons. The first-order chi connectivity index (χ1) is 18.3. The Morgan fingerprint density at radius 3 is 2.68 bits per heavy atom. The minimum absolute atomic E-state index is 0.00965. The lowest BCUT2D eigenvalue weighted by Crippen LogP contribution is -2.46. The van der Waals surface area contributed by atoms with Gasteiger partial charge in [-0.2, -0.15) is 0 Å². The van der Waals surface area contributed by atoms with Crippen LogP contribution >= 0.6 is 11.6 Å². The van der Waals surface area contributed by atoms with Gasteiger partial charge in [-0.05, 0) is 79.5 Å². The standard InChI is InChI=1S/C28H32ClN3O5S/c29-23-9-6-22-18-37-26-11-8-20-16-25(26)32(13-3-1-5-19(22)15-23)17-21-7-10-24(21)28(34)30-12-2-4-14-38(35,36)31-27(20)33/h2,4,6,8-9,11,15-16,21,24H,1,3,5,7,10,12-14,17-18H2,(H,30,34)(H,31,33)/b4-2+/t21-,24+/m0/s1. The molecule has 2 aromatic rings. The van der Waals surface area contributed by atoms with E-state index >= 15 is 0 Å². The smallest absolute Gasteiger partial charge is 0.264 e. The number of anilines is 1. The van der Waals surface area contributed by atoms with E-state index in [2.05, 4.69) is 14.9 Å². The van der Waals surface area contributed by atoms with Crippen molar-refractivity contribution in [2.24, 2.45) is 11.8 Å². The molecule has 2 aromatic carbocycles. The van der Waals surface area contributed by atoms with Crippen LogP contribution in [0.2, 0.25) is 5.02 Å². The SMILES string of the molecule is O=C1NS(=O)(=O)C/C=C/CNC(=O)[C@@H]2CC[C@H]2CN2CCCCc3cc(Cl)ccc3COc3ccc1cc32. The summed E-state index contributed by atoms with van der Waals surface area (Å²) in [4.78, 5) is 28.0. The minimum Gasteiger partial charge on any atom is -0.487 e. The first kappa shape index (κ1) is 26.6. The summed E-state index contributed by atoms with van der Waals surface area (Å²) in [6.45, 7) is 1.94. The summed E-state index contributed by atoms with van der Waals surface area (Å²) < 4.78 is 33.4. The lowest BCUT2D eigenvalue weighted by Gasteiger charge is -2.40. The molecule has 2 atom stereocenters. The van der Waals surface area contributed by atoms with Crippen molar-refractivity contribution in [1.82, 2.24) is 10.0 Å². The van der Waals surface area contributed by atoms with Gasteiger partial charge in [0.25, 0.3) is 5.91 Å². The number of amides is 2. The fourth-order valence-corrected chi connectivity index (χ4v) is 6.37. The van der Waals surface area contributed by atoms with Crippen LogP contribution in [0.5, 0.6) is 5.75 Å². The molecule has 8 nitrogen and oxygen atoms in total. The van der Waals surface area contributed by atoms with E-state index in [0.717, 1.165) is 48.9 Å². The third-order valence-corrected chi connectivity index (χ3v) is 8.93. The molecule has 3 aliphatic rings. The summed E-state index contributed by atoms with van der Waals surface area (Å²) in [6.07, 6.45) is 7.52. The molecule has 1 aliphatic carbocycles. The number of rotatable bonds is 0. The van der Waals surface area contributed by atoms with Crippen molar-refractivity contribution in [2.75, 3.05) is 30.3 Å². The average Bonchev–Trinajstić information content (AvgIpc) is 2.88. The third kappa shape index (κ3) is 6.15. The maximum atomic E-state index is 13.0. The Bertz CT molecular complexity index is 1360. The Hall–Kier alpha value is -3.04. The number of hydrogen-bond donors (Lipinski definition) is 2. The second-order valence-corrected chi connectivity index (χ2v) is 12.4. The molecule has 5 rings (SSSR count). The Labute approximate surface area is 228 Å². The van der Waals surface area contributed by atoms with Crippen molar-refractivity contribution < 1.29 is 22.7 Å². The fraction of sp³-hybridized carbons (Fsp3) is 0.429. The molecule has 0 aromatic heterocycles. The summed E-state index contributed by atoms with van der Waals surface area (Å²) in [5.74, 6) is -0.359. The van der Waals surface area contributed by atoms with E-state index in [1.807, 2.05) is 18.2 Å². The van der Waals surface area contributed by atoms with E-state index in [9.17, 15) is 18.0 Å². The van der Waals surface area contributed by atoms with Gasteiger partial charge < -0.3 is 15.0 Å². The van der Waals surface area contributed by atoms with E-state index in [1.54, 1.807) is 24.3 Å². The predicted molar refractivity (Wildman–Crippen MR) is 147 cm³/mol. The van der Waals surface area contributed by atoms with Gasteiger partial charge in [0.15, 0.2) is 0 Å². The molecular formula is C28H32ClN3O5S. The Balaban J connectivity index is 1.52. The van der Waals surface area contributed by atoms with Crippen LogP contribution in [-0.2, 0) is 27.8 Å². The van der Waals surface area contributed by atoms with Crippen LogP contribution in [-0.4, -0.2) is 45.6 Å². The zero-order chi connectivity index (χ0) is 26.7. The molecule has 2 aliphatic heterocycles. The highest BCUT2D eigenvalue weighted by Crippen LogP contribution is 2.39. The summed E-state index contributed by atoms with van der Waals surface area (Å²) in [6, 6.07) is 10.8. The quantitative estimate of drug-likeness (QED) is 0.477. The van der Waals surface area contributed by atoms with Crippen molar-refractivity contribution in [3.63, 3.8) is 0 Å². The number of halogens is 1. The molecular weight excluding hydrogens is 526 g/mol. The maximum Gasteiger partial charge on any atom is 0.264 e. The van der Waals surface area contributed by atoms with Crippen LogP contribution in [0.1, 0.15) is 47.2 Å². The molecule has 0 saturated heterocycles. The molecule has 0 spiro atoms. The van der Waals surface area contributed by atoms with Crippen LogP contribution in [0, 0.1) is 11.8 Å². The highest BCUT2D eigenvalue weighted by Gasteiger charge is 2.37. The van der Waals surface area contributed by atoms with Crippen molar-refractivity contribution in [3.05, 3.63) is 70.3 Å². The van der Waals surface area contributed by atoms with Crippen LogP contribution < -0.4 is 19.7 Å². The number of nitrogens with zero attached hydrogens (tertiary/aromatic N) is 1. The summed E-state index contributed by atoms with van der Waals surface area (Å²) in [5, 5.41) is 3.59. The molecule has 2 N–H and O–H groups in total. The Morgan fingerprint density at radius 2 is 1.87 bits per heavy atom. The number of sulfonamides is 1. The van der Waals surface area contributed by atoms with Crippen LogP contribution in [0.15, 0.2) is 48.6 Å². The van der Waals surface area contributed by atoms with Gasteiger partial charge in [0.1, 0.15) is 12.4 Å². The first-order valence-corrected chi connectivity index (χ1v) is 15.1. The molecule has 38 heavy (non-hydrogen) atoms. The van der Waals surface area contributed by atoms with Gasteiger partial charge in [-0.1, -0.05) is 29.8 Å². The Morgan fingerprint density at radius 1 is 1.00 bits per heavy atom. The second kappa shape index (κ2) is 11.4. The van der Waals surface area contributed by atoms with E-state index in [4.69, 9.17) is 16.3 Å². The third-order valence-electron chi connectivity index (χ3n) is 7.57. The highest BCUT2D eigenvalue weighted by atomic mass is 35.5. The average molecular weight is 558 g/mol. The van der Waals surface area contributed by atoms with Gasteiger partial charge in [-0.3, -0.25) is 9.59 Å². The van der Waals surface area contributed by atoms with Gasteiger partial charge in [0, 0.05) is 36.1 Å². The number of benzene rings is 2. The van der Waals surface area contributed by atoms with Crippen molar-refractivity contribution in [3.8, 4) is 5.75 Å². The summed E-state index contributed by atoms with van der Waals surface area (Å²) in [5.41, 5.74) is 3.18. The van der Waals surface area contributed by atoms with Gasteiger partial charge in [0.05, 0.1) is 11.4 Å². The zero-order valence-corrected chi connectivity index (χ0v) is 22.7. The van der Waals surface area contributed by atoms with Crippen LogP contribution in [0.3, 0.4) is 0 Å². The predicted octanol–water partition coefficient (Wildman–Crippen LogP) is 3.83. The topological polar surface area (TPSA) is 105 Å². The molecule has 0 unspecified atom stereocenters. The molecule has 2 heterocycles. The van der Waals surface area contributed by atoms with Crippen molar-refractivity contribution in [2.45, 2.75) is 38.7 Å². The number of nitrogens with one attached hydrogen (secondary N) is 2. The van der Waals surface area contributed by atoms with Gasteiger partial charge in [-0.25, -0.2) is 13.1 Å². The summed E-state index contributed by atoms with van der Waals surface area (Å²) in [7, 11) is -3.88. The van der Waals surface area contributed by atoms with Gasteiger partial charge in [0.2, 0.25) is 15.9 Å². The van der Waals surface area contributed by atoms with Gasteiger partial charge in [-0.15, -0.1) is 0 Å². The normalized spacial score (nSPS) is 24.7. The number of hydrogen-bond acceptors (Lipinski definition) is 6. The second-order valence-electron chi connectivity index (χ2n) is 10.2. The highest BCUT2D eigenvalue weighted by molar-refractivity contribution is 7.90. The monoisotopic (exact) mass is 557 g/mol. The van der Waals surface area contributed by atoms with E-state index in [1.165, 1.54) is 6.08 Å². The molecule has 10 heteroatoms. The van der Waals surface area contributed by atoms with Gasteiger partial charge >= 0.3 is 0 Å². The minimum atomic E-state index is -3.88. The summed E-state index contributed by atoms with van der Waals surface area (Å²) >= 11 is 6.26. The van der Waals surface area contributed by atoms with Crippen LogP contribution in [0.25, 0.3) is 0 Å². The molecule has 2 bridgehead atoms. The van der Waals surface area contributed by atoms with Crippen molar-refractivity contribution >= 4 is 39.1 Å². The van der Waals surface area contributed by atoms with E-state index in [-0.39, 0.29) is 35.6 Å². The number of fused-ring (bicyclic) bond motifs is 3. The van der Waals surface area contributed by atoms with E-state index in [0.29, 0.717) is 30.5 Å². The Kier molecular flexibility index (Phi) is 7.95. The lowest BCUT2D eigenvalue weighted by molar-refractivity contribution is -0.129. The fourth-order valence-electron chi connectivity index (χ4n) is 5.31.